The molecule has 1 fully saturated rings. The van der Waals surface area contributed by atoms with Crippen molar-refractivity contribution in [3.8, 4) is 0 Å². The third-order valence-electron chi connectivity index (χ3n) is 4.11. The predicted molar refractivity (Wildman–Crippen MR) is 79.3 cm³/mol. The van der Waals surface area contributed by atoms with Gasteiger partial charge in [-0.3, -0.25) is 4.79 Å². The van der Waals surface area contributed by atoms with Gasteiger partial charge in [0.25, 0.3) is 0 Å². The Morgan fingerprint density at radius 2 is 1.75 bits per heavy atom. The average molecular weight is 361 g/mol. The van der Waals surface area contributed by atoms with Gasteiger partial charge in [-0.2, -0.15) is 0 Å². The second-order valence-electron chi connectivity index (χ2n) is 5.44. The Hall–Kier alpha value is -0.880. The van der Waals surface area contributed by atoms with E-state index >= 15 is 0 Å². The van der Waals surface area contributed by atoms with Gasteiger partial charge < -0.3 is 5.11 Å². The molecule has 0 aliphatic heterocycles. The van der Waals surface area contributed by atoms with Crippen molar-refractivity contribution in [1.82, 2.24) is 0 Å². The van der Waals surface area contributed by atoms with Gasteiger partial charge in [0.1, 0.15) is 0 Å². The van der Waals surface area contributed by atoms with E-state index in [9.17, 15) is 18.3 Å². The minimum absolute atomic E-state index is 0.0812. The van der Waals surface area contributed by atoms with E-state index in [4.69, 9.17) is 0 Å². The first-order valence-corrected chi connectivity index (χ1v) is 8.81. The van der Waals surface area contributed by atoms with E-state index < -0.39 is 20.6 Å². The number of halogens is 1. The molecule has 4 nitrogen and oxygen atoms in total. The van der Waals surface area contributed by atoms with Crippen LogP contribution in [0.3, 0.4) is 0 Å². The summed E-state index contributed by atoms with van der Waals surface area (Å²) in [6, 6.07) is 6.16. The summed E-state index contributed by atoms with van der Waals surface area (Å²) in [4.78, 5) is 11.8. The van der Waals surface area contributed by atoms with Gasteiger partial charge in [0, 0.05) is 4.47 Å². The number of benzene rings is 1. The third kappa shape index (κ3) is 2.51. The van der Waals surface area contributed by atoms with Crippen molar-refractivity contribution in [3.63, 3.8) is 0 Å². The molecule has 1 aromatic rings. The molecule has 2 rings (SSSR count). The summed E-state index contributed by atoms with van der Waals surface area (Å²) >= 11 is 3.25. The first-order chi connectivity index (χ1) is 9.29. The van der Waals surface area contributed by atoms with Crippen LogP contribution in [0.2, 0.25) is 0 Å². The lowest BCUT2D eigenvalue weighted by molar-refractivity contribution is -0.141. The molecule has 0 amide bonds. The normalized spacial score (nSPS) is 27.2. The number of carboxylic acid groups (broad SMARTS) is 1. The smallest absolute Gasteiger partial charge is 0.325 e. The van der Waals surface area contributed by atoms with Gasteiger partial charge in [0.15, 0.2) is 14.6 Å². The number of hydrogen-bond donors (Lipinski definition) is 1. The molecule has 1 aromatic carbocycles. The molecule has 0 radical (unpaired) electrons. The van der Waals surface area contributed by atoms with Gasteiger partial charge in [-0.05, 0) is 55.9 Å². The molecule has 0 aromatic heterocycles. The van der Waals surface area contributed by atoms with Crippen LogP contribution in [-0.4, -0.2) is 24.2 Å². The molecule has 6 heteroatoms. The van der Waals surface area contributed by atoms with E-state index in [0.717, 1.165) is 4.47 Å². The van der Waals surface area contributed by atoms with E-state index in [1.807, 2.05) is 6.92 Å². The zero-order valence-corrected chi connectivity index (χ0v) is 13.6. The number of hydrogen-bond acceptors (Lipinski definition) is 3. The molecular weight excluding hydrogens is 344 g/mol. The molecule has 0 unspecified atom stereocenters. The van der Waals surface area contributed by atoms with Crippen LogP contribution in [0.15, 0.2) is 33.6 Å². The molecular formula is C14H17BrO4S. The minimum atomic E-state index is -3.88. The van der Waals surface area contributed by atoms with Gasteiger partial charge in [-0.1, -0.05) is 22.9 Å². The molecule has 110 valence electrons. The predicted octanol–water partition coefficient (Wildman–Crippen LogP) is 3.26. The summed E-state index contributed by atoms with van der Waals surface area (Å²) in [6.07, 6.45) is 1.62. The fourth-order valence-electron chi connectivity index (χ4n) is 2.67. The van der Waals surface area contributed by atoms with Crippen LogP contribution in [0.1, 0.15) is 32.6 Å². The molecule has 0 spiro atoms. The summed E-state index contributed by atoms with van der Waals surface area (Å²) < 4.78 is 24.6. The SMILES string of the molecule is CC1CCC(C(=O)O)(S(=O)(=O)c2ccc(Br)cc2)CC1. The van der Waals surface area contributed by atoms with Crippen molar-refractivity contribution in [3.05, 3.63) is 28.7 Å². The largest absolute Gasteiger partial charge is 0.480 e. The second-order valence-corrected chi connectivity index (χ2v) is 8.61. The quantitative estimate of drug-likeness (QED) is 0.897. The molecule has 1 saturated carbocycles. The van der Waals surface area contributed by atoms with E-state index in [1.165, 1.54) is 12.1 Å². The third-order valence-corrected chi connectivity index (χ3v) is 7.14. The van der Waals surface area contributed by atoms with E-state index in [0.29, 0.717) is 18.8 Å². The Bertz CT molecular complexity index is 599. The first kappa shape index (κ1) is 15.5. The highest BCUT2D eigenvalue weighted by Gasteiger charge is 2.52. The standard InChI is InChI=1S/C14H17BrO4S/c1-10-6-8-14(9-7-10,13(16)17)20(18,19)12-4-2-11(15)3-5-12/h2-5,10H,6-9H2,1H3,(H,16,17). The highest BCUT2D eigenvalue weighted by Crippen LogP contribution is 2.41. The second kappa shape index (κ2) is 5.48. The Morgan fingerprint density at radius 3 is 2.20 bits per heavy atom. The molecule has 0 bridgehead atoms. The van der Waals surface area contributed by atoms with Crippen molar-refractivity contribution in [2.45, 2.75) is 42.2 Å². The lowest BCUT2D eigenvalue weighted by atomic mass is 9.82. The van der Waals surface area contributed by atoms with Crippen molar-refractivity contribution < 1.29 is 18.3 Å². The van der Waals surface area contributed by atoms with Crippen LogP contribution in [-0.2, 0) is 14.6 Å². The maximum absolute atomic E-state index is 12.8. The summed E-state index contributed by atoms with van der Waals surface area (Å²) in [6.45, 7) is 2.03. The van der Waals surface area contributed by atoms with E-state index in [2.05, 4.69) is 15.9 Å². The fraction of sp³-hybridized carbons (Fsp3) is 0.500. The number of aliphatic carboxylic acids is 1. The van der Waals surface area contributed by atoms with Gasteiger partial charge >= 0.3 is 5.97 Å². The number of carbonyl (C=O) groups is 1. The minimum Gasteiger partial charge on any atom is -0.480 e. The maximum atomic E-state index is 12.8. The Labute approximate surface area is 127 Å². The molecule has 1 aliphatic rings. The zero-order valence-electron chi connectivity index (χ0n) is 11.2. The lowest BCUT2D eigenvalue weighted by Gasteiger charge is -2.35. The number of carboxylic acids is 1. The molecule has 0 heterocycles. The van der Waals surface area contributed by atoms with Crippen LogP contribution < -0.4 is 0 Å². The Balaban J connectivity index is 2.48. The average Bonchev–Trinajstić information content (AvgIpc) is 2.39. The highest BCUT2D eigenvalue weighted by atomic mass is 79.9. The van der Waals surface area contributed by atoms with Crippen molar-refractivity contribution in [2.75, 3.05) is 0 Å². The van der Waals surface area contributed by atoms with Crippen LogP contribution >= 0.6 is 15.9 Å². The van der Waals surface area contributed by atoms with Gasteiger partial charge in [-0.15, -0.1) is 0 Å². The van der Waals surface area contributed by atoms with Crippen molar-refractivity contribution in [1.29, 1.82) is 0 Å². The monoisotopic (exact) mass is 360 g/mol. The van der Waals surface area contributed by atoms with Crippen molar-refractivity contribution >= 4 is 31.7 Å². The number of rotatable bonds is 3. The molecule has 1 N–H and O–H groups in total. The molecule has 0 atom stereocenters. The van der Waals surface area contributed by atoms with Gasteiger partial charge in [-0.25, -0.2) is 8.42 Å². The molecule has 1 aliphatic carbocycles. The summed E-state index contributed by atoms with van der Waals surface area (Å²) in [5.41, 5.74) is 0. The van der Waals surface area contributed by atoms with Gasteiger partial charge in [0.2, 0.25) is 0 Å². The maximum Gasteiger partial charge on any atom is 0.325 e. The number of sulfone groups is 1. The Kier molecular flexibility index (Phi) is 4.25. The Morgan fingerprint density at radius 1 is 1.25 bits per heavy atom. The van der Waals surface area contributed by atoms with E-state index in [1.54, 1.807) is 12.1 Å². The summed E-state index contributed by atoms with van der Waals surface area (Å²) in [7, 11) is -3.88. The lowest BCUT2D eigenvalue weighted by Crippen LogP contribution is -2.48. The van der Waals surface area contributed by atoms with Crippen LogP contribution in [0, 0.1) is 5.92 Å². The molecule has 0 saturated heterocycles. The van der Waals surface area contributed by atoms with E-state index in [-0.39, 0.29) is 17.7 Å². The molecule has 20 heavy (non-hydrogen) atoms. The van der Waals surface area contributed by atoms with Crippen LogP contribution in [0.25, 0.3) is 0 Å². The topological polar surface area (TPSA) is 71.4 Å². The van der Waals surface area contributed by atoms with Gasteiger partial charge in [0.05, 0.1) is 4.90 Å². The highest BCUT2D eigenvalue weighted by molar-refractivity contribution is 9.10. The van der Waals surface area contributed by atoms with Crippen molar-refractivity contribution in [2.24, 2.45) is 5.92 Å². The van der Waals surface area contributed by atoms with Crippen LogP contribution in [0.5, 0.6) is 0 Å². The van der Waals surface area contributed by atoms with Crippen LogP contribution in [0.4, 0.5) is 0 Å². The summed E-state index contributed by atoms with van der Waals surface area (Å²) in [5.74, 6) is -0.852. The summed E-state index contributed by atoms with van der Waals surface area (Å²) in [5, 5.41) is 9.54. The zero-order chi connectivity index (χ0) is 15.0. The fourth-order valence-corrected chi connectivity index (χ4v) is 4.88. The first-order valence-electron chi connectivity index (χ1n) is 6.53.